The zero-order valence-corrected chi connectivity index (χ0v) is 14.7. The van der Waals surface area contributed by atoms with E-state index in [0.29, 0.717) is 13.0 Å². The van der Waals surface area contributed by atoms with Crippen molar-refractivity contribution in [2.24, 2.45) is 5.73 Å². The maximum Gasteiger partial charge on any atom is 0.491 e. The van der Waals surface area contributed by atoms with Crippen molar-refractivity contribution >= 4 is 19.0 Å². The average Bonchev–Trinajstić information content (AvgIpc) is 2.64. The Morgan fingerprint density at radius 3 is 2.35 bits per heavy atom. The third-order valence-corrected chi connectivity index (χ3v) is 4.55. The zero-order chi connectivity index (χ0) is 17.3. The minimum absolute atomic E-state index is 0.149. The van der Waals surface area contributed by atoms with E-state index >= 15 is 0 Å². The van der Waals surface area contributed by atoms with Crippen LogP contribution in [0.5, 0.6) is 0 Å². The van der Waals surface area contributed by atoms with Crippen LogP contribution < -0.4 is 5.73 Å². The molecule has 23 heavy (non-hydrogen) atoms. The van der Waals surface area contributed by atoms with E-state index in [0.717, 1.165) is 16.6 Å². The summed E-state index contributed by atoms with van der Waals surface area (Å²) in [6.07, 6.45) is 2.43. The number of hydrogen-bond donors (Lipinski definition) is 1. The van der Waals surface area contributed by atoms with Crippen molar-refractivity contribution in [1.82, 2.24) is 0 Å². The lowest BCUT2D eigenvalue weighted by molar-refractivity contribution is -0.116. The molecule has 0 unspecified atom stereocenters. The molecule has 0 saturated carbocycles. The van der Waals surface area contributed by atoms with E-state index in [1.165, 1.54) is 0 Å². The first kappa shape index (κ1) is 17.9. The van der Waals surface area contributed by atoms with Gasteiger partial charge in [-0.25, -0.2) is 0 Å². The van der Waals surface area contributed by atoms with Crippen molar-refractivity contribution in [3.63, 3.8) is 0 Å². The van der Waals surface area contributed by atoms with Gasteiger partial charge < -0.3 is 15.0 Å². The fourth-order valence-electron chi connectivity index (χ4n) is 2.51. The van der Waals surface area contributed by atoms with Gasteiger partial charge in [-0.05, 0) is 51.2 Å². The molecule has 0 aromatic heterocycles. The molecule has 0 spiro atoms. The Bertz CT molecular complexity index is 606. The Labute approximate surface area is 139 Å². The van der Waals surface area contributed by atoms with Gasteiger partial charge in [0, 0.05) is 13.0 Å². The van der Waals surface area contributed by atoms with Crippen LogP contribution in [0.25, 0.3) is 6.08 Å². The van der Waals surface area contributed by atoms with Crippen molar-refractivity contribution in [3.8, 4) is 0 Å². The smallest absolute Gasteiger partial charge is 0.400 e. The normalized spacial score (nSPS) is 19.9. The molecule has 0 amide bonds. The first-order valence-corrected chi connectivity index (χ1v) is 7.99. The van der Waals surface area contributed by atoms with E-state index in [4.69, 9.17) is 15.0 Å². The van der Waals surface area contributed by atoms with Crippen LogP contribution >= 0.6 is 0 Å². The molecule has 1 aromatic rings. The molecule has 1 saturated heterocycles. The number of ketones is 1. The Morgan fingerprint density at radius 2 is 1.83 bits per heavy atom. The number of hydrogen-bond acceptors (Lipinski definition) is 4. The maximum absolute atomic E-state index is 11.3. The Kier molecular flexibility index (Phi) is 5.14. The number of nitrogens with two attached hydrogens (primary N) is 1. The van der Waals surface area contributed by atoms with E-state index in [1.807, 2.05) is 58.0 Å². The SMILES string of the molecule is CC(=O)Cc1cccc(C=C(CN)B2OC(C)(C)C(C)(C)O2)c1. The predicted molar refractivity (Wildman–Crippen MR) is 93.9 cm³/mol. The summed E-state index contributed by atoms with van der Waals surface area (Å²) in [5.74, 6) is 0.149. The van der Waals surface area contributed by atoms with Crippen molar-refractivity contribution in [2.45, 2.75) is 52.2 Å². The monoisotopic (exact) mass is 315 g/mol. The molecule has 2 rings (SSSR count). The highest BCUT2D eigenvalue weighted by Gasteiger charge is 2.52. The number of carbonyl (C=O) groups excluding carboxylic acids is 1. The highest BCUT2D eigenvalue weighted by atomic mass is 16.7. The van der Waals surface area contributed by atoms with Gasteiger partial charge in [-0.1, -0.05) is 30.3 Å². The fraction of sp³-hybridized carbons (Fsp3) is 0.500. The van der Waals surface area contributed by atoms with Gasteiger partial charge in [-0.15, -0.1) is 0 Å². The molecule has 124 valence electrons. The maximum atomic E-state index is 11.3. The van der Waals surface area contributed by atoms with E-state index in [9.17, 15) is 4.79 Å². The first-order chi connectivity index (χ1) is 10.6. The highest BCUT2D eigenvalue weighted by Crippen LogP contribution is 2.38. The van der Waals surface area contributed by atoms with Crippen LogP contribution in [0.2, 0.25) is 0 Å². The molecule has 2 N–H and O–H groups in total. The van der Waals surface area contributed by atoms with Crippen LogP contribution in [0, 0.1) is 0 Å². The van der Waals surface area contributed by atoms with Gasteiger partial charge in [0.1, 0.15) is 5.78 Å². The quantitative estimate of drug-likeness (QED) is 0.849. The largest absolute Gasteiger partial charge is 0.491 e. The Balaban J connectivity index is 2.25. The molecule has 1 heterocycles. The predicted octanol–water partition coefficient (Wildman–Crippen LogP) is 2.79. The van der Waals surface area contributed by atoms with Crippen LogP contribution in [-0.2, 0) is 20.5 Å². The summed E-state index contributed by atoms with van der Waals surface area (Å²) in [4.78, 5) is 11.3. The molecule has 1 aliphatic heterocycles. The molecule has 5 heteroatoms. The minimum atomic E-state index is -0.443. The third kappa shape index (κ3) is 4.11. The van der Waals surface area contributed by atoms with Gasteiger partial charge in [0.25, 0.3) is 0 Å². The molecule has 0 radical (unpaired) electrons. The molecule has 0 aliphatic carbocycles. The number of benzene rings is 1. The molecule has 0 bridgehead atoms. The minimum Gasteiger partial charge on any atom is -0.400 e. The average molecular weight is 315 g/mol. The van der Waals surface area contributed by atoms with Gasteiger partial charge in [0.05, 0.1) is 11.2 Å². The second-order valence-corrected chi connectivity index (χ2v) is 7.14. The summed E-state index contributed by atoms with van der Waals surface area (Å²) in [6, 6.07) is 7.89. The van der Waals surface area contributed by atoms with E-state index < -0.39 is 7.12 Å². The van der Waals surface area contributed by atoms with E-state index in [-0.39, 0.29) is 17.0 Å². The van der Waals surface area contributed by atoms with Crippen molar-refractivity contribution in [3.05, 3.63) is 40.9 Å². The standard InChI is InChI=1S/C18H26BNO3/c1-13(21)9-14-7-6-8-15(10-14)11-16(12-20)19-22-17(2,3)18(4,5)23-19/h6-8,10-11H,9,12,20H2,1-5H3. The molecule has 1 fully saturated rings. The van der Waals surface area contributed by atoms with Gasteiger partial charge in [-0.2, -0.15) is 0 Å². The molecule has 1 aromatic carbocycles. The van der Waals surface area contributed by atoms with Gasteiger partial charge in [0.15, 0.2) is 0 Å². The third-order valence-electron chi connectivity index (χ3n) is 4.55. The summed E-state index contributed by atoms with van der Waals surface area (Å²) < 4.78 is 12.1. The fourth-order valence-corrected chi connectivity index (χ4v) is 2.51. The Morgan fingerprint density at radius 1 is 1.22 bits per heavy atom. The lowest BCUT2D eigenvalue weighted by Crippen LogP contribution is -2.41. The molecule has 0 atom stereocenters. The van der Waals surface area contributed by atoms with Gasteiger partial charge in [0.2, 0.25) is 0 Å². The molecular formula is C18H26BNO3. The van der Waals surface area contributed by atoms with E-state index in [1.54, 1.807) is 6.92 Å². The van der Waals surface area contributed by atoms with Crippen LogP contribution in [0.3, 0.4) is 0 Å². The number of Topliss-reactive ketones (excluding diaryl/α,β-unsaturated/α-hetero) is 1. The topological polar surface area (TPSA) is 61.6 Å². The highest BCUT2D eigenvalue weighted by molar-refractivity contribution is 6.55. The summed E-state index contributed by atoms with van der Waals surface area (Å²) in [7, 11) is -0.443. The van der Waals surface area contributed by atoms with Gasteiger partial charge in [-0.3, -0.25) is 4.79 Å². The second kappa shape index (κ2) is 6.60. The number of carbonyl (C=O) groups is 1. The first-order valence-electron chi connectivity index (χ1n) is 7.99. The molecular weight excluding hydrogens is 289 g/mol. The zero-order valence-electron chi connectivity index (χ0n) is 14.7. The van der Waals surface area contributed by atoms with Crippen LogP contribution in [0.1, 0.15) is 45.7 Å². The van der Waals surface area contributed by atoms with Crippen molar-refractivity contribution in [1.29, 1.82) is 0 Å². The van der Waals surface area contributed by atoms with Crippen molar-refractivity contribution in [2.75, 3.05) is 6.54 Å². The van der Waals surface area contributed by atoms with Crippen LogP contribution in [0.4, 0.5) is 0 Å². The van der Waals surface area contributed by atoms with Crippen LogP contribution in [0.15, 0.2) is 29.7 Å². The van der Waals surface area contributed by atoms with Gasteiger partial charge >= 0.3 is 7.12 Å². The summed E-state index contributed by atoms with van der Waals surface area (Å²) in [6.45, 7) is 10.0. The second-order valence-electron chi connectivity index (χ2n) is 7.14. The summed E-state index contributed by atoms with van der Waals surface area (Å²) in [5, 5.41) is 0. The van der Waals surface area contributed by atoms with Crippen LogP contribution in [-0.4, -0.2) is 30.6 Å². The summed E-state index contributed by atoms with van der Waals surface area (Å²) >= 11 is 0. The van der Waals surface area contributed by atoms with E-state index in [2.05, 4.69) is 0 Å². The van der Waals surface area contributed by atoms with Crippen molar-refractivity contribution < 1.29 is 14.1 Å². The molecule has 4 nitrogen and oxygen atoms in total. The molecule has 1 aliphatic rings. The Hall–Kier alpha value is -1.43. The number of rotatable bonds is 5. The summed E-state index contributed by atoms with van der Waals surface area (Å²) in [5.41, 5.74) is 8.03. The lowest BCUT2D eigenvalue weighted by atomic mass is 9.77. The lowest BCUT2D eigenvalue weighted by Gasteiger charge is -2.32.